The smallest absolute Gasteiger partial charge is 0.330 e. The van der Waals surface area contributed by atoms with Gasteiger partial charge in [0.2, 0.25) is 0 Å². The van der Waals surface area contributed by atoms with Crippen molar-refractivity contribution in [1.29, 1.82) is 0 Å². The highest BCUT2D eigenvalue weighted by Crippen LogP contribution is 2.08. The Bertz CT molecular complexity index is 485. The summed E-state index contributed by atoms with van der Waals surface area (Å²) in [6.07, 6.45) is 2.75. The Morgan fingerprint density at radius 2 is 2.05 bits per heavy atom. The third-order valence-electron chi connectivity index (χ3n) is 2.43. The predicted octanol–water partition coefficient (Wildman–Crippen LogP) is 1.90. The summed E-state index contributed by atoms with van der Waals surface area (Å²) in [4.78, 5) is 24.0. The largest absolute Gasteiger partial charge is 0.452 e. The minimum absolute atomic E-state index is 0.132. The van der Waals surface area contributed by atoms with Crippen LogP contribution in [0.15, 0.2) is 36.4 Å². The summed E-state index contributed by atoms with van der Waals surface area (Å²) in [7, 11) is 1.53. The molecule has 0 unspecified atom stereocenters. The minimum atomic E-state index is -0.574. The summed E-state index contributed by atoms with van der Waals surface area (Å²) < 4.78 is 18.1. The van der Waals surface area contributed by atoms with Gasteiger partial charge in [-0.25, -0.2) is 9.18 Å². The Morgan fingerprint density at radius 3 is 2.68 bits per heavy atom. The van der Waals surface area contributed by atoms with Crippen LogP contribution in [-0.2, 0) is 20.9 Å². The number of ether oxygens (including phenoxy) is 1. The number of halogens is 1. The van der Waals surface area contributed by atoms with Crippen LogP contribution in [0.3, 0.4) is 0 Å². The molecule has 0 aliphatic heterocycles. The van der Waals surface area contributed by atoms with E-state index in [1.165, 1.54) is 30.2 Å². The van der Waals surface area contributed by atoms with Gasteiger partial charge in [0.15, 0.2) is 6.61 Å². The lowest BCUT2D eigenvalue weighted by molar-refractivity contribution is -0.147. The van der Waals surface area contributed by atoms with Crippen molar-refractivity contribution < 1.29 is 18.7 Å². The SMILES string of the molecule is C/C=C/C(=O)OCC(=O)N(C)Cc1ccccc1F. The molecule has 0 radical (unpaired) electrons. The highest BCUT2D eigenvalue weighted by Gasteiger charge is 2.12. The molecule has 0 aliphatic carbocycles. The Labute approximate surface area is 111 Å². The normalized spacial score (nSPS) is 10.5. The molecule has 0 saturated heterocycles. The molecule has 0 spiro atoms. The Morgan fingerprint density at radius 1 is 1.37 bits per heavy atom. The van der Waals surface area contributed by atoms with E-state index in [4.69, 9.17) is 4.74 Å². The van der Waals surface area contributed by atoms with E-state index in [0.717, 1.165) is 0 Å². The van der Waals surface area contributed by atoms with Crippen molar-refractivity contribution in [1.82, 2.24) is 4.90 Å². The molecule has 1 aromatic rings. The quantitative estimate of drug-likeness (QED) is 0.603. The fourth-order valence-corrected chi connectivity index (χ4v) is 1.40. The second-order valence-electron chi connectivity index (χ2n) is 3.95. The van der Waals surface area contributed by atoms with E-state index in [1.807, 2.05) is 0 Å². The van der Waals surface area contributed by atoms with Crippen molar-refractivity contribution in [3.63, 3.8) is 0 Å². The summed E-state index contributed by atoms with van der Waals surface area (Å²) in [6, 6.07) is 6.22. The number of hydrogen-bond acceptors (Lipinski definition) is 3. The van der Waals surface area contributed by atoms with Crippen LogP contribution in [0, 0.1) is 5.82 Å². The van der Waals surface area contributed by atoms with Crippen LogP contribution in [0.4, 0.5) is 4.39 Å². The van der Waals surface area contributed by atoms with Crippen LogP contribution in [0.2, 0.25) is 0 Å². The average molecular weight is 265 g/mol. The first-order valence-electron chi connectivity index (χ1n) is 5.81. The number of benzene rings is 1. The van der Waals surface area contributed by atoms with Crippen LogP contribution in [0.25, 0.3) is 0 Å². The maximum Gasteiger partial charge on any atom is 0.330 e. The lowest BCUT2D eigenvalue weighted by atomic mass is 10.2. The number of rotatable bonds is 5. The molecule has 1 aromatic carbocycles. The number of likely N-dealkylation sites (N-methyl/N-ethyl adjacent to an activating group) is 1. The number of allylic oxidation sites excluding steroid dienone is 1. The fraction of sp³-hybridized carbons (Fsp3) is 0.286. The molecule has 4 nitrogen and oxygen atoms in total. The monoisotopic (exact) mass is 265 g/mol. The number of carbonyl (C=O) groups is 2. The van der Waals surface area contributed by atoms with Gasteiger partial charge in [-0.15, -0.1) is 0 Å². The van der Waals surface area contributed by atoms with Gasteiger partial charge in [-0.3, -0.25) is 4.79 Å². The summed E-state index contributed by atoms with van der Waals surface area (Å²) in [5.41, 5.74) is 0.415. The Kier molecular flexibility index (Phi) is 5.73. The third-order valence-corrected chi connectivity index (χ3v) is 2.43. The van der Waals surface area contributed by atoms with E-state index >= 15 is 0 Å². The van der Waals surface area contributed by atoms with Crippen LogP contribution in [0.1, 0.15) is 12.5 Å². The van der Waals surface area contributed by atoms with E-state index in [-0.39, 0.29) is 24.9 Å². The molecule has 0 heterocycles. The zero-order valence-corrected chi connectivity index (χ0v) is 10.9. The topological polar surface area (TPSA) is 46.6 Å². The van der Waals surface area contributed by atoms with Gasteiger partial charge in [0.1, 0.15) is 5.82 Å². The molecule has 102 valence electrons. The molecule has 0 fully saturated rings. The highest BCUT2D eigenvalue weighted by molar-refractivity contribution is 5.85. The van der Waals surface area contributed by atoms with Crippen molar-refractivity contribution in [3.05, 3.63) is 47.8 Å². The number of amides is 1. The summed E-state index contributed by atoms with van der Waals surface area (Å²) in [5.74, 6) is -1.33. The van der Waals surface area contributed by atoms with Gasteiger partial charge < -0.3 is 9.64 Å². The zero-order chi connectivity index (χ0) is 14.3. The third kappa shape index (κ3) is 4.91. The van der Waals surface area contributed by atoms with Crippen LogP contribution >= 0.6 is 0 Å². The number of esters is 1. The molecular weight excluding hydrogens is 249 g/mol. The van der Waals surface area contributed by atoms with E-state index in [2.05, 4.69) is 0 Å². The van der Waals surface area contributed by atoms with Crippen molar-refractivity contribution in [2.75, 3.05) is 13.7 Å². The number of nitrogens with zero attached hydrogens (tertiary/aromatic N) is 1. The lowest BCUT2D eigenvalue weighted by Gasteiger charge is -2.17. The van der Waals surface area contributed by atoms with Crippen LogP contribution in [-0.4, -0.2) is 30.4 Å². The van der Waals surface area contributed by atoms with E-state index in [9.17, 15) is 14.0 Å². The first-order valence-corrected chi connectivity index (χ1v) is 5.81. The van der Waals surface area contributed by atoms with Gasteiger partial charge in [-0.05, 0) is 13.0 Å². The highest BCUT2D eigenvalue weighted by atomic mass is 19.1. The molecule has 0 atom stereocenters. The molecule has 0 bridgehead atoms. The first-order chi connectivity index (χ1) is 9.04. The molecule has 0 N–H and O–H groups in total. The van der Waals surface area contributed by atoms with E-state index < -0.39 is 5.97 Å². The van der Waals surface area contributed by atoms with Crippen molar-refractivity contribution >= 4 is 11.9 Å². The first kappa shape index (κ1) is 14.9. The van der Waals surface area contributed by atoms with Crippen LogP contribution < -0.4 is 0 Å². The molecular formula is C14H16FNO3. The second-order valence-corrected chi connectivity index (χ2v) is 3.95. The Balaban J connectivity index is 2.49. The molecule has 1 rings (SSSR count). The molecule has 0 aliphatic rings. The summed E-state index contributed by atoms with van der Waals surface area (Å²) in [5, 5.41) is 0. The van der Waals surface area contributed by atoms with Gasteiger partial charge in [0.25, 0.3) is 5.91 Å². The lowest BCUT2D eigenvalue weighted by Crippen LogP contribution is -2.30. The van der Waals surface area contributed by atoms with E-state index in [1.54, 1.807) is 25.1 Å². The number of carbonyl (C=O) groups excluding carboxylic acids is 2. The van der Waals surface area contributed by atoms with Crippen molar-refractivity contribution in [3.8, 4) is 0 Å². The molecule has 0 aromatic heterocycles. The fourth-order valence-electron chi connectivity index (χ4n) is 1.40. The Hall–Kier alpha value is -2.17. The van der Waals surface area contributed by atoms with E-state index in [0.29, 0.717) is 5.56 Å². The summed E-state index contributed by atoms with van der Waals surface area (Å²) >= 11 is 0. The maximum atomic E-state index is 13.4. The van der Waals surface area contributed by atoms with Crippen LogP contribution in [0.5, 0.6) is 0 Å². The van der Waals surface area contributed by atoms with Gasteiger partial charge in [-0.1, -0.05) is 24.3 Å². The molecule has 19 heavy (non-hydrogen) atoms. The predicted molar refractivity (Wildman–Crippen MR) is 68.6 cm³/mol. The molecule has 0 saturated carbocycles. The van der Waals surface area contributed by atoms with Gasteiger partial charge in [-0.2, -0.15) is 0 Å². The number of hydrogen-bond donors (Lipinski definition) is 0. The average Bonchev–Trinajstić information content (AvgIpc) is 2.39. The summed E-state index contributed by atoms with van der Waals surface area (Å²) in [6.45, 7) is 1.45. The van der Waals surface area contributed by atoms with Gasteiger partial charge >= 0.3 is 5.97 Å². The van der Waals surface area contributed by atoms with Gasteiger partial charge in [0.05, 0.1) is 0 Å². The minimum Gasteiger partial charge on any atom is -0.452 e. The zero-order valence-electron chi connectivity index (χ0n) is 10.9. The standard InChI is InChI=1S/C14H16FNO3/c1-3-6-14(18)19-10-13(17)16(2)9-11-7-4-5-8-12(11)15/h3-8H,9-10H2,1-2H3/b6-3+. The maximum absolute atomic E-state index is 13.4. The van der Waals surface area contributed by atoms with Crippen molar-refractivity contribution in [2.24, 2.45) is 0 Å². The second kappa shape index (κ2) is 7.31. The van der Waals surface area contributed by atoms with Crippen molar-refractivity contribution in [2.45, 2.75) is 13.5 Å². The molecule has 1 amide bonds. The van der Waals surface area contributed by atoms with Gasteiger partial charge in [0, 0.05) is 25.2 Å². The molecule has 5 heteroatoms.